The molecule has 2 aromatic heterocycles. The molecule has 6 nitrogen and oxygen atoms in total. The molecule has 2 amide bonds. The number of benzene rings is 2. The highest BCUT2D eigenvalue weighted by Gasteiger charge is 2.35. The zero-order chi connectivity index (χ0) is 22.8. The lowest BCUT2D eigenvalue weighted by molar-refractivity contribution is 0.203. The Kier molecular flexibility index (Phi) is 6.02. The second-order valence-electron chi connectivity index (χ2n) is 7.61. The van der Waals surface area contributed by atoms with Gasteiger partial charge in [-0.15, -0.1) is 23.1 Å². The van der Waals surface area contributed by atoms with Gasteiger partial charge in [0.25, 0.3) is 5.89 Å². The van der Waals surface area contributed by atoms with Gasteiger partial charge in [0, 0.05) is 21.0 Å². The number of thiophene rings is 1. The Bertz CT molecular complexity index is 1280. The Labute approximate surface area is 200 Å². The van der Waals surface area contributed by atoms with Gasteiger partial charge in [-0.3, -0.25) is 4.90 Å². The minimum absolute atomic E-state index is 0.147. The average Bonchev–Trinajstić information content (AvgIpc) is 3.54. The lowest BCUT2D eigenvalue weighted by Crippen LogP contribution is -2.45. The fourth-order valence-corrected chi connectivity index (χ4v) is 4.99. The van der Waals surface area contributed by atoms with Gasteiger partial charge < -0.3 is 9.84 Å². The van der Waals surface area contributed by atoms with Gasteiger partial charge in [-0.1, -0.05) is 41.6 Å². The van der Waals surface area contributed by atoms with Crippen LogP contribution in [0.5, 0.6) is 0 Å². The standard InChI is InChI=1S/C25H22N4O2S2/c1-16-21(24-27-23(28-31-24)18-10-12-19(32-2)13-11-18)22(17-7-4-3-5-8-17)26-25(30)29(16)15-20-9-6-14-33-20/h3-14,22H,15H2,1-2H3,(H,26,30). The van der Waals surface area contributed by atoms with Crippen molar-refractivity contribution >= 4 is 34.7 Å². The summed E-state index contributed by atoms with van der Waals surface area (Å²) in [5.74, 6) is 0.924. The van der Waals surface area contributed by atoms with E-state index in [0.717, 1.165) is 27.3 Å². The molecule has 1 atom stereocenters. The molecule has 33 heavy (non-hydrogen) atoms. The van der Waals surface area contributed by atoms with Crippen LogP contribution in [-0.2, 0) is 6.54 Å². The van der Waals surface area contributed by atoms with E-state index in [9.17, 15) is 4.79 Å². The first-order valence-electron chi connectivity index (χ1n) is 10.5. The lowest BCUT2D eigenvalue weighted by atomic mass is 9.94. The van der Waals surface area contributed by atoms with Crippen molar-refractivity contribution in [1.82, 2.24) is 20.4 Å². The Morgan fingerprint density at radius 2 is 1.88 bits per heavy atom. The third kappa shape index (κ3) is 4.31. The quantitative estimate of drug-likeness (QED) is 0.336. The molecule has 8 heteroatoms. The van der Waals surface area contributed by atoms with Gasteiger partial charge in [-0.25, -0.2) is 4.79 Å². The summed E-state index contributed by atoms with van der Waals surface area (Å²) in [4.78, 5) is 21.8. The molecule has 4 aromatic rings. The molecule has 166 valence electrons. The maximum atomic E-state index is 13.1. The van der Waals surface area contributed by atoms with Crippen LogP contribution in [0.1, 0.15) is 29.3 Å². The highest BCUT2D eigenvalue weighted by Crippen LogP contribution is 2.38. The molecule has 0 saturated carbocycles. The maximum Gasteiger partial charge on any atom is 0.322 e. The summed E-state index contributed by atoms with van der Waals surface area (Å²) in [7, 11) is 0. The zero-order valence-corrected chi connectivity index (χ0v) is 19.8. The number of urea groups is 1. The molecule has 0 aliphatic carbocycles. The second-order valence-corrected chi connectivity index (χ2v) is 9.52. The summed E-state index contributed by atoms with van der Waals surface area (Å²) >= 11 is 3.31. The molecule has 0 fully saturated rings. The zero-order valence-electron chi connectivity index (χ0n) is 18.2. The highest BCUT2D eigenvalue weighted by atomic mass is 32.2. The molecular formula is C25H22N4O2S2. The predicted molar refractivity (Wildman–Crippen MR) is 132 cm³/mol. The molecule has 0 spiro atoms. The van der Waals surface area contributed by atoms with Crippen molar-refractivity contribution in [1.29, 1.82) is 0 Å². The first-order valence-corrected chi connectivity index (χ1v) is 12.6. The van der Waals surface area contributed by atoms with Crippen LogP contribution in [-0.4, -0.2) is 27.3 Å². The molecule has 3 heterocycles. The Morgan fingerprint density at radius 3 is 2.58 bits per heavy atom. The molecule has 1 unspecified atom stereocenters. The summed E-state index contributed by atoms with van der Waals surface area (Å²) in [6, 6.07) is 21.4. The van der Waals surface area contributed by atoms with Crippen LogP contribution >= 0.6 is 23.1 Å². The number of hydrogen-bond acceptors (Lipinski definition) is 6. The molecule has 1 aliphatic heterocycles. The normalized spacial score (nSPS) is 16.2. The number of thioether (sulfide) groups is 1. The van der Waals surface area contributed by atoms with Gasteiger partial charge in [0.1, 0.15) is 0 Å². The van der Waals surface area contributed by atoms with Crippen LogP contribution in [0.25, 0.3) is 17.0 Å². The summed E-state index contributed by atoms with van der Waals surface area (Å²) in [6.07, 6.45) is 2.04. The van der Waals surface area contributed by atoms with Crippen molar-refractivity contribution in [3.8, 4) is 11.4 Å². The van der Waals surface area contributed by atoms with E-state index in [2.05, 4.69) is 10.5 Å². The third-order valence-electron chi connectivity index (χ3n) is 5.63. The summed E-state index contributed by atoms with van der Waals surface area (Å²) in [5.41, 5.74) is 3.44. The predicted octanol–water partition coefficient (Wildman–Crippen LogP) is 6.22. The van der Waals surface area contributed by atoms with Crippen LogP contribution in [0, 0.1) is 0 Å². The number of aromatic nitrogens is 2. The van der Waals surface area contributed by atoms with Gasteiger partial charge >= 0.3 is 6.03 Å². The summed E-state index contributed by atoms with van der Waals surface area (Å²) in [6.45, 7) is 2.42. The van der Waals surface area contributed by atoms with Crippen LogP contribution in [0.15, 0.2) is 87.2 Å². The van der Waals surface area contributed by atoms with E-state index in [-0.39, 0.29) is 12.1 Å². The van der Waals surface area contributed by atoms with Crippen molar-refractivity contribution in [2.24, 2.45) is 0 Å². The number of carbonyl (C=O) groups excluding carboxylic acids is 1. The number of nitrogens with zero attached hydrogens (tertiary/aromatic N) is 3. The van der Waals surface area contributed by atoms with Crippen molar-refractivity contribution in [3.05, 3.63) is 94.1 Å². The van der Waals surface area contributed by atoms with Crippen molar-refractivity contribution < 1.29 is 9.32 Å². The summed E-state index contributed by atoms with van der Waals surface area (Å²) in [5, 5.41) is 9.40. The van der Waals surface area contributed by atoms with Gasteiger partial charge in [0.2, 0.25) is 5.82 Å². The number of amides is 2. The second kappa shape index (κ2) is 9.25. The smallest absolute Gasteiger partial charge is 0.322 e. The fourth-order valence-electron chi connectivity index (χ4n) is 3.89. The van der Waals surface area contributed by atoms with E-state index in [4.69, 9.17) is 9.51 Å². The van der Waals surface area contributed by atoms with E-state index < -0.39 is 0 Å². The number of allylic oxidation sites excluding steroid dienone is 1. The largest absolute Gasteiger partial charge is 0.334 e. The van der Waals surface area contributed by atoms with E-state index in [1.165, 1.54) is 4.90 Å². The first kappa shape index (κ1) is 21.5. The van der Waals surface area contributed by atoms with Crippen LogP contribution in [0.3, 0.4) is 0 Å². The van der Waals surface area contributed by atoms with Crippen LogP contribution < -0.4 is 5.32 Å². The van der Waals surface area contributed by atoms with E-state index in [1.807, 2.05) is 85.3 Å². The molecule has 5 rings (SSSR count). The molecule has 1 aliphatic rings. The van der Waals surface area contributed by atoms with Crippen molar-refractivity contribution in [2.75, 3.05) is 6.26 Å². The van der Waals surface area contributed by atoms with E-state index in [1.54, 1.807) is 28.0 Å². The SMILES string of the molecule is CSc1ccc(-c2noc(C3=C(C)N(Cc4cccs4)C(=O)NC3c3ccccc3)n2)cc1. The van der Waals surface area contributed by atoms with E-state index >= 15 is 0 Å². The Hall–Kier alpha value is -3.36. The molecular weight excluding hydrogens is 452 g/mol. The molecule has 0 saturated heterocycles. The van der Waals surface area contributed by atoms with Crippen LogP contribution in [0.4, 0.5) is 4.79 Å². The third-order valence-corrected chi connectivity index (χ3v) is 7.23. The van der Waals surface area contributed by atoms with Crippen LogP contribution in [0.2, 0.25) is 0 Å². The highest BCUT2D eigenvalue weighted by molar-refractivity contribution is 7.98. The monoisotopic (exact) mass is 474 g/mol. The molecule has 0 bridgehead atoms. The maximum absolute atomic E-state index is 13.1. The van der Waals surface area contributed by atoms with Gasteiger partial charge in [-0.2, -0.15) is 4.98 Å². The lowest BCUT2D eigenvalue weighted by Gasteiger charge is -2.35. The van der Waals surface area contributed by atoms with Gasteiger partial charge in [0.15, 0.2) is 0 Å². The molecule has 0 radical (unpaired) electrons. The summed E-state index contributed by atoms with van der Waals surface area (Å²) < 4.78 is 5.76. The number of carbonyl (C=O) groups is 1. The molecule has 1 N–H and O–H groups in total. The Balaban J connectivity index is 1.57. The molecule has 2 aromatic carbocycles. The minimum atomic E-state index is -0.384. The van der Waals surface area contributed by atoms with E-state index in [0.29, 0.717) is 18.3 Å². The topological polar surface area (TPSA) is 71.3 Å². The van der Waals surface area contributed by atoms with Crippen molar-refractivity contribution in [2.45, 2.75) is 24.4 Å². The minimum Gasteiger partial charge on any atom is -0.334 e. The van der Waals surface area contributed by atoms with Gasteiger partial charge in [0.05, 0.1) is 18.2 Å². The Morgan fingerprint density at radius 1 is 1.09 bits per heavy atom. The fraction of sp³-hybridized carbons (Fsp3) is 0.160. The number of rotatable bonds is 6. The number of nitrogens with one attached hydrogen (secondary N) is 1. The van der Waals surface area contributed by atoms with Crippen molar-refractivity contribution in [3.63, 3.8) is 0 Å². The van der Waals surface area contributed by atoms with Gasteiger partial charge in [-0.05, 0) is 54.5 Å². The first-order chi connectivity index (χ1) is 16.1. The number of hydrogen-bond donors (Lipinski definition) is 1. The average molecular weight is 475 g/mol.